The van der Waals surface area contributed by atoms with Gasteiger partial charge in [-0.25, -0.2) is 14.4 Å². The van der Waals surface area contributed by atoms with Gasteiger partial charge in [-0.15, -0.1) is 0 Å². The highest BCUT2D eigenvalue weighted by molar-refractivity contribution is 6.11. The highest BCUT2D eigenvalue weighted by atomic mass is 19.1. The quantitative estimate of drug-likeness (QED) is 0.224. The summed E-state index contributed by atoms with van der Waals surface area (Å²) in [5.74, 6) is 0.382. The van der Waals surface area contributed by atoms with Crippen molar-refractivity contribution in [1.82, 2.24) is 25.3 Å². The second-order valence-corrected chi connectivity index (χ2v) is 10.2. The van der Waals surface area contributed by atoms with Crippen LogP contribution in [0.1, 0.15) is 34.5 Å². The molecule has 1 amide bonds. The van der Waals surface area contributed by atoms with Crippen LogP contribution in [0.5, 0.6) is 0 Å². The summed E-state index contributed by atoms with van der Waals surface area (Å²) in [4.78, 5) is 33.4. The van der Waals surface area contributed by atoms with Crippen LogP contribution in [0.2, 0.25) is 0 Å². The van der Waals surface area contributed by atoms with Gasteiger partial charge in [0.05, 0.1) is 23.8 Å². The molecule has 6 rings (SSSR count). The van der Waals surface area contributed by atoms with Crippen LogP contribution in [0.25, 0.3) is 10.8 Å². The molecule has 42 heavy (non-hydrogen) atoms. The summed E-state index contributed by atoms with van der Waals surface area (Å²) in [7, 11) is 0. The predicted molar refractivity (Wildman–Crippen MR) is 162 cm³/mol. The van der Waals surface area contributed by atoms with Crippen molar-refractivity contribution in [3.8, 4) is 0 Å². The van der Waals surface area contributed by atoms with Gasteiger partial charge in [0.25, 0.3) is 5.91 Å². The number of halogens is 1. The molecule has 3 aromatic heterocycles. The molecule has 212 valence electrons. The molecule has 9 nitrogen and oxygen atoms in total. The van der Waals surface area contributed by atoms with E-state index >= 15 is 4.39 Å². The van der Waals surface area contributed by atoms with Crippen LogP contribution < -0.4 is 20.9 Å². The zero-order valence-electron chi connectivity index (χ0n) is 23.2. The summed E-state index contributed by atoms with van der Waals surface area (Å²) in [6, 6.07) is 19.7. The van der Waals surface area contributed by atoms with E-state index in [2.05, 4.69) is 35.9 Å². The van der Waals surface area contributed by atoms with Crippen molar-refractivity contribution in [3.63, 3.8) is 0 Å². The minimum absolute atomic E-state index is 0.0230. The van der Waals surface area contributed by atoms with E-state index in [1.165, 1.54) is 12.1 Å². The van der Waals surface area contributed by atoms with E-state index in [0.29, 0.717) is 36.4 Å². The molecule has 1 aliphatic rings. The molecule has 0 spiro atoms. The Morgan fingerprint density at radius 2 is 1.93 bits per heavy atom. The third-order valence-corrected chi connectivity index (χ3v) is 7.35. The first-order chi connectivity index (χ1) is 20.6. The Balaban J connectivity index is 1.25. The van der Waals surface area contributed by atoms with Gasteiger partial charge in [0.1, 0.15) is 17.5 Å². The Morgan fingerprint density at radius 3 is 2.74 bits per heavy atom. The maximum Gasteiger partial charge on any atom is 0.262 e. The Labute approximate surface area is 243 Å². The molecule has 1 aliphatic heterocycles. The lowest BCUT2D eigenvalue weighted by atomic mass is 10.0. The second-order valence-electron chi connectivity index (χ2n) is 10.2. The van der Waals surface area contributed by atoms with Crippen molar-refractivity contribution in [2.45, 2.75) is 32.4 Å². The third-order valence-electron chi connectivity index (χ3n) is 7.35. The molecule has 0 aliphatic carbocycles. The van der Waals surface area contributed by atoms with E-state index in [1.54, 1.807) is 35.6 Å². The van der Waals surface area contributed by atoms with Gasteiger partial charge in [-0.2, -0.15) is 4.98 Å². The summed E-state index contributed by atoms with van der Waals surface area (Å²) in [6.45, 7) is 4.00. The number of rotatable bonds is 8. The van der Waals surface area contributed by atoms with Crippen molar-refractivity contribution in [2.24, 2.45) is 0 Å². The molecule has 5 aromatic rings. The number of nitrogens with one attached hydrogen (secondary N) is 3. The Hall–Kier alpha value is -4.96. The monoisotopic (exact) mass is 562 g/mol. The van der Waals surface area contributed by atoms with E-state index < -0.39 is 11.7 Å². The fraction of sp³-hybridized carbons (Fsp3) is 0.219. The first kappa shape index (κ1) is 27.2. The lowest BCUT2D eigenvalue weighted by Crippen LogP contribution is -2.49. The van der Waals surface area contributed by atoms with Crippen LogP contribution >= 0.6 is 0 Å². The van der Waals surface area contributed by atoms with Gasteiger partial charge >= 0.3 is 0 Å². The Bertz CT molecular complexity index is 1700. The average molecular weight is 563 g/mol. The SMILES string of the molecule is Cc1cccc2ccnc(N(C(=O)c3ccc(Nc4nccc(NCc5ccccn5)n4)cc3F)[C@@H]3CCCNC3)c12. The van der Waals surface area contributed by atoms with Gasteiger partial charge in [0, 0.05) is 36.2 Å². The standard InChI is InChI=1S/C32H31FN8O/c1-21-6-4-7-22-12-16-36-30(29(21)22)41(25-9-5-14-34-20-25)31(42)26-11-10-23(18-27(26)33)39-32-37-17-13-28(40-32)38-19-24-8-2-3-15-35-24/h2-4,6-8,10-13,15-18,25,34H,5,9,14,19-20H2,1H3,(H2,37,38,39,40)/t25-/m1/s1. The second kappa shape index (κ2) is 12.3. The fourth-order valence-corrected chi connectivity index (χ4v) is 5.29. The predicted octanol–water partition coefficient (Wildman–Crippen LogP) is 5.62. The number of carbonyl (C=O) groups excluding carboxylic acids is 1. The van der Waals surface area contributed by atoms with Crippen molar-refractivity contribution in [3.05, 3.63) is 108 Å². The number of piperidine rings is 1. The van der Waals surface area contributed by atoms with Crippen LogP contribution in [0, 0.1) is 12.7 Å². The molecule has 0 bridgehead atoms. The van der Waals surface area contributed by atoms with E-state index in [9.17, 15) is 4.79 Å². The first-order valence-electron chi connectivity index (χ1n) is 14.0. The summed E-state index contributed by atoms with van der Waals surface area (Å²) in [5.41, 5.74) is 2.29. The summed E-state index contributed by atoms with van der Waals surface area (Å²) < 4.78 is 15.6. The molecule has 2 aromatic carbocycles. The number of anilines is 4. The fourth-order valence-electron chi connectivity index (χ4n) is 5.29. The van der Waals surface area contributed by atoms with Crippen LogP contribution in [-0.2, 0) is 6.54 Å². The topological polar surface area (TPSA) is 108 Å². The minimum atomic E-state index is -0.639. The van der Waals surface area contributed by atoms with Crippen LogP contribution in [0.15, 0.2) is 85.3 Å². The molecule has 1 atom stereocenters. The molecule has 0 saturated carbocycles. The van der Waals surface area contributed by atoms with Crippen molar-refractivity contribution in [1.29, 1.82) is 0 Å². The van der Waals surface area contributed by atoms with Gasteiger partial charge in [-0.1, -0.05) is 24.3 Å². The number of hydrogen-bond acceptors (Lipinski definition) is 8. The Kier molecular flexibility index (Phi) is 7.96. The molecular formula is C32H31FN8O. The molecule has 1 saturated heterocycles. The van der Waals surface area contributed by atoms with Crippen molar-refractivity contribution >= 4 is 40.0 Å². The molecule has 4 heterocycles. The van der Waals surface area contributed by atoms with Crippen molar-refractivity contribution < 1.29 is 9.18 Å². The smallest absolute Gasteiger partial charge is 0.262 e. The first-order valence-corrected chi connectivity index (χ1v) is 14.0. The average Bonchev–Trinajstić information content (AvgIpc) is 3.02. The minimum Gasteiger partial charge on any atom is -0.364 e. The number of fused-ring (bicyclic) bond motifs is 1. The highest BCUT2D eigenvalue weighted by Gasteiger charge is 2.31. The number of benzene rings is 2. The number of amides is 1. The maximum atomic E-state index is 15.6. The number of aryl methyl sites for hydroxylation is 1. The number of carbonyl (C=O) groups is 1. The lowest BCUT2D eigenvalue weighted by Gasteiger charge is -2.35. The van der Waals surface area contributed by atoms with E-state index in [-0.39, 0.29) is 11.6 Å². The molecule has 10 heteroatoms. The van der Waals surface area contributed by atoms with Crippen molar-refractivity contribution in [2.75, 3.05) is 28.6 Å². The maximum absolute atomic E-state index is 15.6. The van der Waals surface area contributed by atoms with Gasteiger partial charge in [0.15, 0.2) is 0 Å². The van der Waals surface area contributed by atoms with Gasteiger partial charge in [-0.05, 0) is 79.7 Å². The normalized spacial score (nSPS) is 14.9. The third kappa shape index (κ3) is 5.89. The largest absolute Gasteiger partial charge is 0.364 e. The molecular weight excluding hydrogens is 531 g/mol. The lowest BCUT2D eigenvalue weighted by molar-refractivity contribution is 0.0968. The van der Waals surface area contributed by atoms with Gasteiger partial charge in [0.2, 0.25) is 5.95 Å². The van der Waals surface area contributed by atoms with Gasteiger partial charge < -0.3 is 16.0 Å². The number of aromatic nitrogens is 4. The summed E-state index contributed by atoms with van der Waals surface area (Å²) >= 11 is 0. The van der Waals surface area contributed by atoms with Gasteiger partial charge in [-0.3, -0.25) is 14.7 Å². The van der Waals surface area contributed by atoms with Crippen LogP contribution in [0.3, 0.4) is 0 Å². The number of pyridine rings is 2. The summed E-state index contributed by atoms with van der Waals surface area (Å²) in [5, 5.41) is 11.5. The van der Waals surface area contributed by atoms with E-state index in [0.717, 1.165) is 41.4 Å². The molecule has 1 fully saturated rings. The van der Waals surface area contributed by atoms with E-state index in [4.69, 9.17) is 0 Å². The zero-order chi connectivity index (χ0) is 28.9. The summed E-state index contributed by atoms with van der Waals surface area (Å²) in [6.07, 6.45) is 6.76. The number of hydrogen-bond donors (Lipinski definition) is 3. The van der Waals surface area contributed by atoms with Crippen LogP contribution in [-0.4, -0.2) is 45.0 Å². The molecule has 0 unspecified atom stereocenters. The molecule has 0 radical (unpaired) electrons. The molecule has 3 N–H and O–H groups in total. The van der Waals surface area contributed by atoms with E-state index in [1.807, 2.05) is 49.4 Å². The van der Waals surface area contributed by atoms with Crippen LogP contribution in [0.4, 0.5) is 27.7 Å². The number of nitrogens with zero attached hydrogens (tertiary/aromatic N) is 5. The Morgan fingerprint density at radius 1 is 1.02 bits per heavy atom. The zero-order valence-corrected chi connectivity index (χ0v) is 23.2. The highest BCUT2D eigenvalue weighted by Crippen LogP contribution is 2.32.